The summed E-state index contributed by atoms with van der Waals surface area (Å²) in [7, 11) is 0. The third kappa shape index (κ3) is 2.28. The fraction of sp³-hybridized carbons (Fsp3) is 0.824. The van der Waals surface area contributed by atoms with E-state index in [1.807, 2.05) is 4.90 Å². The Morgan fingerprint density at radius 1 is 1.08 bits per heavy atom. The van der Waals surface area contributed by atoms with Gasteiger partial charge in [-0.15, -0.1) is 12.4 Å². The molecule has 25 heavy (non-hydrogen) atoms. The van der Waals surface area contributed by atoms with Crippen molar-refractivity contribution in [1.29, 1.82) is 0 Å². The van der Waals surface area contributed by atoms with Gasteiger partial charge in [0.15, 0.2) is 0 Å². The zero-order valence-corrected chi connectivity index (χ0v) is 15.0. The molecule has 138 valence electrons. The Kier molecular flexibility index (Phi) is 4.09. The number of imide groups is 1. The highest BCUT2D eigenvalue weighted by atomic mass is 35.5. The zero-order chi connectivity index (χ0) is 16.6. The number of rotatable bonds is 2. The molecule has 5 saturated heterocycles. The van der Waals surface area contributed by atoms with Crippen molar-refractivity contribution in [2.24, 2.45) is 23.7 Å². The average molecular weight is 370 g/mol. The van der Waals surface area contributed by atoms with Crippen LogP contribution in [0.3, 0.4) is 0 Å². The van der Waals surface area contributed by atoms with Gasteiger partial charge in [0, 0.05) is 26.2 Å². The highest BCUT2D eigenvalue weighted by Crippen LogP contribution is 2.49. The van der Waals surface area contributed by atoms with Gasteiger partial charge in [-0.1, -0.05) is 0 Å². The molecule has 0 radical (unpaired) electrons. The van der Waals surface area contributed by atoms with E-state index in [1.165, 1.54) is 4.90 Å². The van der Waals surface area contributed by atoms with Crippen molar-refractivity contribution in [2.45, 2.75) is 38.0 Å². The van der Waals surface area contributed by atoms with Crippen LogP contribution in [0, 0.1) is 23.7 Å². The molecule has 3 amide bonds. The highest BCUT2D eigenvalue weighted by Gasteiger charge is 2.63. The first-order valence-electron chi connectivity index (χ1n) is 9.08. The molecule has 5 aliphatic rings. The molecule has 2 bridgehead atoms. The van der Waals surface area contributed by atoms with Crippen LogP contribution in [0.5, 0.6) is 0 Å². The number of carbonyl (C=O) groups excluding carboxylic acids is 3. The van der Waals surface area contributed by atoms with Gasteiger partial charge in [0.25, 0.3) is 0 Å². The molecule has 8 heteroatoms. The molecule has 0 spiro atoms. The van der Waals surface area contributed by atoms with Crippen LogP contribution < -0.4 is 5.32 Å². The molecule has 1 N–H and O–H groups in total. The fourth-order valence-electron chi connectivity index (χ4n) is 5.53. The second-order valence-corrected chi connectivity index (χ2v) is 7.99. The lowest BCUT2D eigenvalue weighted by molar-refractivity contribution is -0.152. The van der Waals surface area contributed by atoms with Crippen molar-refractivity contribution in [3.8, 4) is 0 Å². The molecular weight excluding hydrogens is 346 g/mol. The van der Waals surface area contributed by atoms with E-state index in [0.717, 1.165) is 39.0 Å². The molecule has 0 aliphatic carbocycles. The lowest BCUT2D eigenvalue weighted by Crippen LogP contribution is -2.50. The number of amides is 3. The first-order valence-corrected chi connectivity index (χ1v) is 9.08. The van der Waals surface area contributed by atoms with Crippen molar-refractivity contribution in [1.82, 2.24) is 15.1 Å². The molecule has 5 heterocycles. The maximum atomic E-state index is 12.9. The number of fused-ring (bicyclic) bond motifs is 6. The van der Waals surface area contributed by atoms with E-state index in [1.54, 1.807) is 6.92 Å². The van der Waals surface area contributed by atoms with Crippen molar-refractivity contribution in [3.05, 3.63) is 0 Å². The summed E-state index contributed by atoms with van der Waals surface area (Å²) < 4.78 is 5.75. The minimum atomic E-state index is -0.693. The minimum absolute atomic E-state index is 0. The van der Waals surface area contributed by atoms with Crippen LogP contribution in [0.25, 0.3) is 0 Å². The molecule has 5 aliphatic heterocycles. The van der Waals surface area contributed by atoms with Gasteiger partial charge in [0.05, 0.1) is 24.0 Å². The third-order valence-corrected chi connectivity index (χ3v) is 6.76. The third-order valence-electron chi connectivity index (χ3n) is 6.76. The van der Waals surface area contributed by atoms with Crippen LogP contribution in [0.4, 0.5) is 0 Å². The second kappa shape index (κ2) is 5.93. The van der Waals surface area contributed by atoms with Crippen LogP contribution in [0.2, 0.25) is 0 Å². The van der Waals surface area contributed by atoms with E-state index < -0.39 is 6.04 Å². The maximum Gasteiger partial charge on any atom is 0.245 e. The molecule has 5 rings (SSSR count). The van der Waals surface area contributed by atoms with Crippen molar-refractivity contribution >= 4 is 30.1 Å². The van der Waals surface area contributed by atoms with E-state index in [4.69, 9.17) is 4.74 Å². The number of hydrogen-bond donors (Lipinski definition) is 1. The first-order chi connectivity index (χ1) is 11.6. The summed E-state index contributed by atoms with van der Waals surface area (Å²) in [5, 5.41) is 3.36. The molecule has 0 aromatic rings. The number of nitrogens with zero attached hydrogens (tertiary/aromatic N) is 2. The lowest BCUT2D eigenvalue weighted by Gasteiger charge is -2.28. The number of carbonyl (C=O) groups is 3. The Hall–Kier alpha value is -1.18. The number of halogens is 1. The van der Waals surface area contributed by atoms with E-state index >= 15 is 0 Å². The van der Waals surface area contributed by atoms with Gasteiger partial charge in [0.2, 0.25) is 17.7 Å². The topological polar surface area (TPSA) is 79.0 Å². The average Bonchev–Trinajstić information content (AvgIpc) is 3.31. The van der Waals surface area contributed by atoms with Gasteiger partial charge >= 0.3 is 0 Å². The quantitative estimate of drug-likeness (QED) is 0.672. The molecule has 0 aromatic heterocycles. The predicted molar refractivity (Wildman–Crippen MR) is 89.9 cm³/mol. The summed E-state index contributed by atoms with van der Waals surface area (Å²) >= 11 is 0. The SMILES string of the molecule is CC(C(=O)N1C[C@H]2CNC[C@H]2C1)N1C(=O)C2C3CCC(O3)C2C1=O.Cl. The molecule has 5 fully saturated rings. The monoisotopic (exact) mass is 369 g/mol. The van der Waals surface area contributed by atoms with E-state index in [9.17, 15) is 14.4 Å². The van der Waals surface area contributed by atoms with Crippen LogP contribution in [0.15, 0.2) is 0 Å². The van der Waals surface area contributed by atoms with Crippen molar-refractivity contribution in [3.63, 3.8) is 0 Å². The van der Waals surface area contributed by atoms with Gasteiger partial charge in [-0.2, -0.15) is 0 Å². The molecule has 7 nitrogen and oxygen atoms in total. The number of likely N-dealkylation sites (tertiary alicyclic amines) is 2. The van der Waals surface area contributed by atoms with Crippen LogP contribution in [-0.4, -0.2) is 72.0 Å². The second-order valence-electron chi connectivity index (χ2n) is 7.99. The predicted octanol–water partition coefficient (Wildman–Crippen LogP) is -0.363. The molecule has 5 unspecified atom stereocenters. The van der Waals surface area contributed by atoms with E-state index in [2.05, 4.69) is 5.32 Å². The van der Waals surface area contributed by atoms with Crippen molar-refractivity contribution < 1.29 is 19.1 Å². The summed E-state index contributed by atoms with van der Waals surface area (Å²) in [6.07, 6.45) is 1.45. The normalized spacial score (nSPS) is 42.6. The number of hydrogen-bond acceptors (Lipinski definition) is 5. The Morgan fingerprint density at radius 2 is 1.60 bits per heavy atom. The van der Waals surface area contributed by atoms with Gasteiger partial charge < -0.3 is 15.0 Å². The Bertz CT molecular complexity index is 589. The smallest absolute Gasteiger partial charge is 0.245 e. The summed E-state index contributed by atoms with van der Waals surface area (Å²) in [4.78, 5) is 41.6. The van der Waals surface area contributed by atoms with Crippen LogP contribution >= 0.6 is 12.4 Å². The Morgan fingerprint density at radius 3 is 2.12 bits per heavy atom. The first kappa shape index (κ1) is 17.2. The summed E-state index contributed by atoms with van der Waals surface area (Å²) in [6, 6.07) is -0.693. The maximum absolute atomic E-state index is 12.9. The molecular formula is C17H24ClN3O4. The fourth-order valence-corrected chi connectivity index (χ4v) is 5.53. The largest absolute Gasteiger partial charge is 0.373 e. The minimum Gasteiger partial charge on any atom is -0.373 e. The Labute approximate surface area is 152 Å². The molecule has 0 aromatic carbocycles. The van der Waals surface area contributed by atoms with Crippen molar-refractivity contribution in [2.75, 3.05) is 26.2 Å². The van der Waals surface area contributed by atoms with E-state index in [0.29, 0.717) is 11.8 Å². The van der Waals surface area contributed by atoms with Gasteiger partial charge in [-0.25, -0.2) is 0 Å². The Balaban J connectivity index is 0.00000157. The van der Waals surface area contributed by atoms with Gasteiger partial charge in [-0.05, 0) is 31.6 Å². The number of ether oxygens (including phenoxy) is 1. The highest BCUT2D eigenvalue weighted by molar-refractivity contribution is 6.09. The molecule has 0 saturated carbocycles. The van der Waals surface area contributed by atoms with Gasteiger partial charge in [-0.3, -0.25) is 19.3 Å². The van der Waals surface area contributed by atoms with Gasteiger partial charge in [0.1, 0.15) is 6.04 Å². The summed E-state index contributed by atoms with van der Waals surface area (Å²) in [5.74, 6) is -0.163. The zero-order valence-electron chi connectivity index (χ0n) is 14.2. The standard InChI is InChI=1S/C17H23N3O4.ClH/c1-8(15(21)19-6-9-4-18-5-10(9)7-19)20-16(22)13-11-2-3-12(24-11)14(13)17(20)23;/h8-14,18H,2-7H2,1H3;1H/t8?,9-,10+,11?,12?,13?,14?;. The van der Waals surface area contributed by atoms with E-state index in [-0.39, 0.29) is 54.2 Å². The number of nitrogens with one attached hydrogen (secondary N) is 1. The summed E-state index contributed by atoms with van der Waals surface area (Å²) in [5.41, 5.74) is 0. The van der Waals surface area contributed by atoms with Crippen LogP contribution in [0.1, 0.15) is 19.8 Å². The summed E-state index contributed by atoms with van der Waals surface area (Å²) in [6.45, 7) is 5.08. The lowest BCUT2D eigenvalue weighted by atomic mass is 9.81. The molecule has 7 atom stereocenters. The van der Waals surface area contributed by atoms with Crippen LogP contribution in [-0.2, 0) is 19.1 Å².